The zero-order valence-electron chi connectivity index (χ0n) is 36.6. The topological polar surface area (TPSA) is 171 Å². The van der Waals surface area contributed by atoms with Gasteiger partial charge in [0.25, 0.3) is 0 Å². The number of para-hydroxylation sites is 2. The molecule has 0 spiro atoms. The Morgan fingerprint density at radius 2 is 0.886 bits per heavy atom. The standard InChI is InChI=1S/C59H34N4O7/c64-52-51(53(65)55(67)56(68)54(52)66)59-61-57(33-19-22-37-31(26-33)17-16-30-8-1-2-9-36(30)37)60-58(62-59)34-20-24-41-43-29-35(21-25-47(43)70-49(41)28-34)63-44-13-5-3-11-42(44)50-38(12-7-14-45(50)63)32-18-23-40-39-10-4-6-15-46(39)69-48(40)27-32/h1-29,64-68H. The predicted octanol–water partition coefficient (Wildman–Crippen LogP) is 14.3. The Hall–Kier alpha value is -9.87. The molecule has 0 aliphatic rings. The maximum absolute atomic E-state index is 11.1. The summed E-state index contributed by atoms with van der Waals surface area (Å²) in [5, 5.41) is 63.7. The van der Waals surface area contributed by atoms with Crippen LogP contribution in [-0.2, 0) is 0 Å². The maximum atomic E-state index is 11.1. The molecule has 70 heavy (non-hydrogen) atoms. The highest BCUT2D eigenvalue weighted by molar-refractivity contribution is 6.17. The van der Waals surface area contributed by atoms with E-state index in [0.717, 1.165) is 92.9 Å². The Morgan fingerprint density at radius 3 is 1.67 bits per heavy atom. The van der Waals surface area contributed by atoms with Gasteiger partial charge in [-0.25, -0.2) is 15.0 Å². The van der Waals surface area contributed by atoms with E-state index in [2.05, 4.69) is 106 Å². The number of aromatic hydroxyl groups is 5. The molecule has 0 aliphatic heterocycles. The fourth-order valence-electron chi connectivity index (χ4n) is 10.3. The summed E-state index contributed by atoms with van der Waals surface area (Å²) in [6.07, 6.45) is 0. The first-order valence-corrected chi connectivity index (χ1v) is 22.5. The van der Waals surface area contributed by atoms with Gasteiger partial charge in [0.15, 0.2) is 29.0 Å². The van der Waals surface area contributed by atoms with Crippen LogP contribution in [-0.4, -0.2) is 45.1 Å². The molecule has 0 fully saturated rings. The highest BCUT2D eigenvalue weighted by atomic mass is 16.4. The fraction of sp³-hybridized carbons (Fsp3) is 0. The third-order valence-corrected chi connectivity index (χ3v) is 13.6. The van der Waals surface area contributed by atoms with Gasteiger partial charge in [-0.15, -0.1) is 0 Å². The first-order chi connectivity index (χ1) is 34.3. The third kappa shape index (κ3) is 5.72. The number of hydrogen-bond donors (Lipinski definition) is 5. The number of phenolic OH excluding ortho intramolecular Hbond substituents is 5. The Balaban J connectivity index is 0.907. The lowest BCUT2D eigenvalue weighted by molar-refractivity contribution is 0.329. The molecule has 0 bridgehead atoms. The molecule has 0 atom stereocenters. The molecule has 0 radical (unpaired) electrons. The second-order valence-corrected chi connectivity index (χ2v) is 17.5. The molecule has 5 N–H and O–H groups in total. The summed E-state index contributed by atoms with van der Waals surface area (Å²) in [6.45, 7) is 0. The second kappa shape index (κ2) is 14.6. The highest BCUT2D eigenvalue weighted by Crippen LogP contribution is 2.54. The van der Waals surface area contributed by atoms with Crippen molar-refractivity contribution in [3.63, 3.8) is 0 Å². The van der Waals surface area contributed by atoms with Gasteiger partial charge in [0.1, 0.15) is 27.9 Å². The average molecular weight is 911 g/mol. The fourth-order valence-corrected chi connectivity index (χ4v) is 10.3. The zero-order chi connectivity index (χ0) is 46.9. The van der Waals surface area contributed by atoms with Gasteiger partial charge in [0, 0.05) is 49.1 Å². The van der Waals surface area contributed by atoms with E-state index in [1.54, 1.807) is 0 Å². The van der Waals surface area contributed by atoms with E-state index < -0.39 is 34.3 Å². The third-order valence-electron chi connectivity index (χ3n) is 13.6. The number of rotatable bonds is 5. The first-order valence-electron chi connectivity index (χ1n) is 22.5. The van der Waals surface area contributed by atoms with Crippen molar-refractivity contribution in [1.29, 1.82) is 0 Å². The van der Waals surface area contributed by atoms with Crippen molar-refractivity contribution in [2.75, 3.05) is 0 Å². The van der Waals surface area contributed by atoms with Gasteiger partial charge in [-0.1, -0.05) is 109 Å². The SMILES string of the molecule is Oc1c(O)c(O)c(-c2nc(-c3ccc4c(ccc5ccccc54)c3)nc(-c3ccc4c(c3)oc3ccc(-n5c6ccccc6c6c(-c7ccc8c(c7)oc7ccccc78)cccc65)cc34)n2)c(O)c1O. The minimum absolute atomic E-state index is 0.146. The van der Waals surface area contributed by atoms with Gasteiger partial charge in [-0.3, -0.25) is 0 Å². The summed E-state index contributed by atoms with van der Waals surface area (Å²) >= 11 is 0. The van der Waals surface area contributed by atoms with Crippen LogP contribution in [0.25, 0.3) is 138 Å². The van der Waals surface area contributed by atoms with E-state index in [4.69, 9.17) is 13.8 Å². The molecule has 14 aromatic rings. The van der Waals surface area contributed by atoms with Crippen LogP contribution in [0.2, 0.25) is 0 Å². The van der Waals surface area contributed by atoms with Crippen LogP contribution in [0, 0.1) is 0 Å². The van der Waals surface area contributed by atoms with Gasteiger partial charge < -0.3 is 38.9 Å². The van der Waals surface area contributed by atoms with E-state index in [1.165, 1.54) is 0 Å². The van der Waals surface area contributed by atoms with Crippen LogP contribution in [0.15, 0.2) is 185 Å². The first kappa shape index (κ1) is 39.3. The van der Waals surface area contributed by atoms with E-state index in [9.17, 15) is 25.5 Å². The molecular formula is C59H34N4O7. The molecule has 0 amide bonds. The number of hydrogen-bond acceptors (Lipinski definition) is 10. The van der Waals surface area contributed by atoms with Crippen molar-refractivity contribution in [1.82, 2.24) is 19.5 Å². The van der Waals surface area contributed by atoms with Crippen LogP contribution >= 0.6 is 0 Å². The molecule has 14 rings (SSSR count). The normalized spacial score (nSPS) is 12.0. The lowest BCUT2D eigenvalue weighted by Crippen LogP contribution is -2.01. The summed E-state index contributed by atoms with van der Waals surface area (Å²) in [5.41, 5.74) is 8.76. The van der Waals surface area contributed by atoms with Crippen molar-refractivity contribution < 1.29 is 34.4 Å². The van der Waals surface area contributed by atoms with Crippen molar-refractivity contribution >= 4 is 87.2 Å². The number of benzene rings is 10. The largest absolute Gasteiger partial charge is 0.504 e. The van der Waals surface area contributed by atoms with Crippen molar-refractivity contribution in [3.05, 3.63) is 176 Å². The maximum Gasteiger partial charge on any atom is 0.208 e. The minimum Gasteiger partial charge on any atom is -0.504 e. The number of furan rings is 2. The molecule has 0 saturated carbocycles. The van der Waals surface area contributed by atoms with Crippen LogP contribution in [0.3, 0.4) is 0 Å². The van der Waals surface area contributed by atoms with Gasteiger partial charge in [-0.05, 0) is 99.4 Å². The van der Waals surface area contributed by atoms with Gasteiger partial charge in [-0.2, -0.15) is 0 Å². The number of fused-ring (bicyclic) bond motifs is 12. The molecule has 0 unspecified atom stereocenters. The molecule has 4 heterocycles. The Morgan fingerprint density at radius 1 is 0.343 bits per heavy atom. The summed E-state index contributed by atoms with van der Waals surface area (Å²) < 4.78 is 15.1. The Bertz CT molecular complexity index is 4540. The Kier molecular flexibility index (Phi) is 8.18. The summed E-state index contributed by atoms with van der Waals surface area (Å²) in [4.78, 5) is 14.2. The molecule has 10 aromatic carbocycles. The second-order valence-electron chi connectivity index (χ2n) is 17.5. The van der Waals surface area contributed by atoms with Crippen LogP contribution in [0.5, 0.6) is 28.7 Å². The molecule has 332 valence electrons. The van der Waals surface area contributed by atoms with Crippen LogP contribution in [0.1, 0.15) is 0 Å². The van der Waals surface area contributed by atoms with Crippen molar-refractivity contribution in [2.45, 2.75) is 0 Å². The lowest BCUT2D eigenvalue weighted by Gasteiger charge is -2.13. The zero-order valence-corrected chi connectivity index (χ0v) is 36.6. The molecule has 0 aliphatic carbocycles. The number of phenols is 5. The van der Waals surface area contributed by atoms with E-state index in [0.29, 0.717) is 22.3 Å². The lowest BCUT2D eigenvalue weighted by atomic mass is 9.98. The van der Waals surface area contributed by atoms with Gasteiger partial charge in [0.2, 0.25) is 17.2 Å². The quantitative estimate of drug-likeness (QED) is 0.0636. The van der Waals surface area contributed by atoms with Gasteiger partial charge in [0.05, 0.1) is 11.0 Å². The predicted molar refractivity (Wildman–Crippen MR) is 274 cm³/mol. The molecule has 0 saturated heterocycles. The smallest absolute Gasteiger partial charge is 0.208 e. The summed E-state index contributed by atoms with van der Waals surface area (Å²) in [6, 6.07) is 59.2. The summed E-state index contributed by atoms with van der Waals surface area (Å²) in [7, 11) is 0. The molecular weight excluding hydrogens is 877 g/mol. The summed E-state index contributed by atoms with van der Waals surface area (Å²) in [5.74, 6) is -4.96. The molecule has 11 nitrogen and oxygen atoms in total. The van der Waals surface area contributed by atoms with E-state index in [-0.39, 0.29) is 17.5 Å². The van der Waals surface area contributed by atoms with E-state index >= 15 is 0 Å². The van der Waals surface area contributed by atoms with Crippen LogP contribution < -0.4 is 0 Å². The Labute approximate surface area is 395 Å². The average Bonchev–Trinajstić information content (AvgIpc) is 4.08. The monoisotopic (exact) mass is 910 g/mol. The van der Waals surface area contributed by atoms with Gasteiger partial charge >= 0.3 is 0 Å². The molecule has 11 heteroatoms. The number of aromatic nitrogens is 4. The molecule has 4 aromatic heterocycles. The van der Waals surface area contributed by atoms with Crippen molar-refractivity contribution in [2.24, 2.45) is 0 Å². The van der Waals surface area contributed by atoms with E-state index in [1.807, 2.05) is 84.9 Å². The van der Waals surface area contributed by atoms with Crippen LogP contribution in [0.4, 0.5) is 0 Å². The number of nitrogens with zero attached hydrogens (tertiary/aromatic N) is 4. The van der Waals surface area contributed by atoms with Crippen molar-refractivity contribution in [3.8, 4) is 79.7 Å². The minimum atomic E-state index is -1.09. The highest BCUT2D eigenvalue weighted by Gasteiger charge is 2.28.